The van der Waals surface area contributed by atoms with Crippen molar-refractivity contribution >= 4 is 34.5 Å². The monoisotopic (exact) mass is 421 g/mol. The van der Waals surface area contributed by atoms with E-state index < -0.39 is 0 Å². The highest BCUT2D eigenvalue weighted by atomic mass is 32.1. The van der Waals surface area contributed by atoms with E-state index in [1.807, 2.05) is 64.1 Å². The first kappa shape index (κ1) is 20.1. The van der Waals surface area contributed by atoms with Crippen LogP contribution in [-0.2, 0) is 9.59 Å². The predicted octanol–water partition coefficient (Wildman–Crippen LogP) is 4.41. The quantitative estimate of drug-likeness (QED) is 0.677. The van der Waals surface area contributed by atoms with Gasteiger partial charge in [0.25, 0.3) is 5.91 Å². The van der Waals surface area contributed by atoms with E-state index in [1.54, 1.807) is 11.3 Å². The zero-order valence-electron chi connectivity index (χ0n) is 17.4. The fourth-order valence-electron chi connectivity index (χ4n) is 3.48. The number of aromatic nitrogens is 1. The molecular formula is C23H23N3O3S. The summed E-state index contributed by atoms with van der Waals surface area (Å²) in [6.07, 6.45) is 0. The highest BCUT2D eigenvalue weighted by Crippen LogP contribution is 2.37. The van der Waals surface area contributed by atoms with Crippen molar-refractivity contribution in [1.82, 2.24) is 4.98 Å². The number of carbonyl (C=O) groups is 2. The molecule has 4 rings (SSSR count). The van der Waals surface area contributed by atoms with Crippen molar-refractivity contribution < 1.29 is 14.3 Å². The molecule has 0 spiro atoms. The van der Waals surface area contributed by atoms with Crippen LogP contribution in [0.5, 0.6) is 5.75 Å². The lowest BCUT2D eigenvalue weighted by Gasteiger charge is -2.29. The zero-order chi connectivity index (χ0) is 21.4. The van der Waals surface area contributed by atoms with Gasteiger partial charge in [0.05, 0.1) is 16.4 Å². The fraction of sp³-hybridized carbons (Fsp3) is 0.261. The summed E-state index contributed by atoms with van der Waals surface area (Å²) in [6.45, 7) is 7.84. The molecule has 2 heterocycles. The van der Waals surface area contributed by atoms with Crippen LogP contribution in [-0.4, -0.2) is 29.9 Å². The molecule has 0 fully saturated rings. The molecule has 7 heteroatoms. The Morgan fingerprint density at radius 3 is 2.63 bits per heavy atom. The largest absolute Gasteiger partial charge is 0.482 e. The molecular weight excluding hydrogens is 398 g/mol. The van der Waals surface area contributed by atoms with Gasteiger partial charge in [0.15, 0.2) is 6.61 Å². The van der Waals surface area contributed by atoms with E-state index in [0.29, 0.717) is 17.1 Å². The summed E-state index contributed by atoms with van der Waals surface area (Å²) in [5.41, 5.74) is 5.34. The van der Waals surface area contributed by atoms with Crippen LogP contribution in [0.3, 0.4) is 0 Å². The first-order chi connectivity index (χ1) is 14.3. The second-order valence-electron chi connectivity index (χ2n) is 7.44. The number of amides is 2. The number of rotatable bonds is 4. The van der Waals surface area contributed by atoms with Crippen LogP contribution in [0.15, 0.2) is 36.4 Å². The molecule has 0 atom stereocenters. The Labute approximate surface area is 179 Å². The van der Waals surface area contributed by atoms with E-state index in [0.717, 1.165) is 32.3 Å². The molecule has 1 aliphatic heterocycles. The van der Waals surface area contributed by atoms with Gasteiger partial charge >= 0.3 is 0 Å². The summed E-state index contributed by atoms with van der Waals surface area (Å²) in [7, 11) is 0. The number of nitrogens with zero attached hydrogens (tertiary/aromatic N) is 2. The van der Waals surface area contributed by atoms with E-state index >= 15 is 0 Å². The average Bonchev–Trinajstić information content (AvgIpc) is 3.04. The third-order valence-electron chi connectivity index (χ3n) is 5.17. The van der Waals surface area contributed by atoms with Gasteiger partial charge in [-0.3, -0.25) is 14.5 Å². The summed E-state index contributed by atoms with van der Waals surface area (Å²) >= 11 is 1.63. The maximum Gasteiger partial charge on any atom is 0.265 e. The van der Waals surface area contributed by atoms with Gasteiger partial charge in [0, 0.05) is 16.1 Å². The van der Waals surface area contributed by atoms with Crippen molar-refractivity contribution in [2.75, 3.05) is 23.4 Å². The Bertz CT molecular complexity index is 1150. The maximum atomic E-state index is 12.7. The smallest absolute Gasteiger partial charge is 0.265 e. The van der Waals surface area contributed by atoms with Gasteiger partial charge in [-0.05, 0) is 69.2 Å². The number of carbonyl (C=O) groups excluding carboxylic acids is 2. The van der Waals surface area contributed by atoms with Gasteiger partial charge in [-0.1, -0.05) is 6.07 Å². The topological polar surface area (TPSA) is 71.5 Å². The molecule has 3 aromatic rings. The number of hydrogen-bond donors (Lipinski definition) is 1. The number of aryl methyl sites for hydroxylation is 4. The molecule has 6 nitrogen and oxygen atoms in total. The Hall–Kier alpha value is -3.19. The minimum absolute atomic E-state index is 0.0827. The van der Waals surface area contributed by atoms with Gasteiger partial charge in [0.1, 0.15) is 12.3 Å². The lowest BCUT2D eigenvalue weighted by molar-refractivity contribution is -0.123. The molecule has 0 radical (unpaired) electrons. The Morgan fingerprint density at radius 2 is 1.93 bits per heavy atom. The molecule has 0 aliphatic carbocycles. The summed E-state index contributed by atoms with van der Waals surface area (Å²) in [6, 6.07) is 11.4. The first-order valence-corrected chi connectivity index (χ1v) is 10.5. The van der Waals surface area contributed by atoms with E-state index in [-0.39, 0.29) is 25.0 Å². The predicted molar refractivity (Wildman–Crippen MR) is 119 cm³/mol. The lowest BCUT2D eigenvalue weighted by atomic mass is 10.1. The van der Waals surface area contributed by atoms with Crippen molar-refractivity contribution in [3.63, 3.8) is 0 Å². The minimum atomic E-state index is -0.259. The van der Waals surface area contributed by atoms with E-state index in [2.05, 4.69) is 10.3 Å². The second-order valence-corrected chi connectivity index (χ2v) is 8.84. The molecule has 0 saturated heterocycles. The number of fused-ring (bicyclic) bond motifs is 1. The van der Waals surface area contributed by atoms with Crippen molar-refractivity contribution in [2.45, 2.75) is 27.7 Å². The van der Waals surface area contributed by atoms with E-state index in [1.165, 1.54) is 4.90 Å². The molecule has 1 aliphatic rings. The Morgan fingerprint density at radius 1 is 1.13 bits per heavy atom. The summed E-state index contributed by atoms with van der Waals surface area (Å²) in [5, 5.41) is 3.87. The molecule has 154 valence electrons. The van der Waals surface area contributed by atoms with Crippen molar-refractivity contribution in [1.29, 1.82) is 0 Å². The number of nitrogens with one attached hydrogen (secondary N) is 1. The van der Waals surface area contributed by atoms with Crippen molar-refractivity contribution in [3.8, 4) is 17.0 Å². The van der Waals surface area contributed by atoms with Crippen LogP contribution < -0.4 is 15.0 Å². The average molecular weight is 422 g/mol. The normalized spacial score (nSPS) is 13.1. The van der Waals surface area contributed by atoms with Crippen molar-refractivity contribution in [2.24, 2.45) is 0 Å². The van der Waals surface area contributed by atoms with Crippen LogP contribution in [0.25, 0.3) is 11.3 Å². The van der Waals surface area contributed by atoms with Crippen LogP contribution in [0, 0.1) is 27.7 Å². The first-order valence-electron chi connectivity index (χ1n) is 9.70. The summed E-state index contributed by atoms with van der Waals surface area (Å²) in [5.74, 6) is 0.0774. The van der Waals surface area contributed by atoms with Gasteiger partial charge in [0.2, 0.25) is 5.91 Å². The number of ether oxygens (including phenoxy) is 1. The summed E-state index contributed by atoms with van der Waals surface area (Å²) in [4.78, 5) is 32.4. The highest BCUT2D eigenvalue weighted by molar-refractivity contribution is 7.11. The number of benzene rings is 2. The Balaban J connectivity index is 1.60. The third-order valence-corrected chi connectivity index (χ3v) is 6.06. The molecule has 2 amide bonds. The van der Waals surface area contributed by atoms with Crippen LogP contribution in [0.2, 0.25) is 0 Å². The third kappa shape index (κ3) is 3.93. The van der Waals surface area contributed by atoms with Gasteiger partial charge in [-0.15, -0.1) is 11.3 Å². The standard InChI is InChI=1S/C23H23N3O3S/c1-13-5-7-18(9-14(13)2)25-21(27)11-26-19-10-17(23-15(3)30-16(4)24-23)6-8-20(19)29-12-22(26)28/h5-10H,11-12H2,1-4H3,(H,25,27). The van der Waals surface area contributed by atoms with Crippen LogP contribution >= 0.6 is 11.3 Å². The van der Waals surface area contributed by atoms with Crippen LogP contribution in [0.1, 0.15) is 21.0 Å². The SMILES string of the molecule is Cc1nc(-c2ccc3c(c2)N(CC(=O)Nc2ccc(C)c(C)c2)C(=O)CO3)c(C)s1. The van der Waals surface area contributed by atoms with Gasteiger partial charge in [-0.2, -0.15) is 0 Å². The number of thiazole rings is 1. The number of hydrogen-bond acceptors (Lipinski definition) is 5. The molecule has 2 aromatic carbocycles. The lowest BCUT2D eigenvalue weighted by Crippen LogP contribution is -2.43. The summed E-state index contributed by atoms with van der Waals surface area (Å²) < 4.78 is 5.58. The second kappa shape index (κ2) is 7.91. The van der Waals surface area contributed by atoms with Gasteiger partial charge in [-0.25, -0.2) is 4.98 Å². The molecule has 1 aromatic heterocycles. The zero-order valence-corrected chi connectivity index (χ0v) is 18.2. The Kier molecular flexibility index (Phi) is 5.30. The molecule has 0 unspecified atom stereocenters. The molecule has 0 saturated carbocycles. The van der Waals surface area contributed by atoms with Gasteiger partial charge < -0.3 is 10.1 Å². The van der Waals surface area contributed by atoms with Crippen LogP contribution in [0.4, 0.5) is 11.4 Å². The molecule has 0 bridgehead atoms. The molecule has 1 N–H and O–H groups in total. The minimum Gasteiger partial charge on any atom is -0.482 e. The van der Waals surface area contributed by atoms with Crippen molar-refractivity contribution in [3.05, 3.63) is 57.4 Å². The molecule has 30 heavy (non-hydrogen) atoms. The van der Waals surface area contributed by atoms with E-state index in [4.69, 9.17) is 4.74 Å². The van der Waals surface area contributed by atoms with E-state index in [9.17, 15) is 9.59 Å². The highest BCUT2D eigenvalue weighted by Gasteiger charge is 2.28. The number of anilines is 2. The fourth-order valence-corrected chi connectivity index (χ4v) is 4.32. The maximum absolute atomic E-state index is 12.7.